The Morgan fingerprint density at radius 1 is 1.14 bits per heavy atom. The molecule has 6 heteroatoms. The highest BCUT2D eigenvalue weighted by Crippen LogP contribution is 2.34. The third-order valence-electron chi connectivity index (χ3n) is 4.93. The van der Waals surface area contributed by atoms with Gasteiger partial charge in [-0.15, -0.1) is 11.3 Å². The molecule has 29 heavy (non-hydrogen) atoms. The maximum atomic E-state index is 13.2. The van der Waals surface area contributed by atoms with Gasteiger partial charge in [-0.1, -0.05) is 24.3 Å². The fraction of sp³-hybridized carbons (Fsp3) is 0.217. The molecular formula is C23H19FN2O2S. The first kappa shape index (κ1) is 19.3. The number of carbonyl (C=O) groups is 1. The molecule has 2 heterocycles. The summed E-state index contributed by atoms with van der Waals surface area (Å²) in [6.07, 6.45) is 1.30. The standard InChI is InChI=1S/C23H19FN2O2S/c24-18-7-5-15(6-8-18)11-20-22(19-9-10-28-14-21(19)29-20)23(27)26-13-17-3-1-16(12-25)2-4-17/h1-8H,9-11,13-14H2,(H,26,27). The third-order valence-corrected chi connectivity index (χ3v) is 6.14. The molecule has 0 fully saturated rings. The van der Waals surface area contributed by atoms with Crippen LogP contribution < -0.4 is 5.32 Å². The van der Waals surface area contributed by atoms with E-state index in [-0.39, 0.29) is 11.7 Å². The Hall–Kier alpha value is -3.01. The van der Waals surface area contributed by atoms with Gasteiger partial charge in [-0.3, -0.25) is 4.79 Å². The van der Waals surface area contributed by atoms with E-state index < -0.39 is 0 Å². The molecule has 0 spiro atoms. The van der Waals surface area contributed by atoms with Crippen molar-refractivity contribution in [1.29, 1.82) is 5.26 Å². The SMILES string of the molecule is N#Cc1ccc(CNC(=O)c2c(Cc3ccc(F)cc3)sc3c2CCOC3)cc1. The number of halogens is 1. The first-order chi connectivity index (χ1) is 14.1. The van der Waals surface area contributed by atoms with Crippen LogP contribution in [0.25, 0.3) is 0 Å². The zero-order valence-corrected chi connectivity index (χ0v) is 16.5. The van der Waals surface area contributed by atoms with Gasteiger partial charge < -0.3 is 10.1 Å². The first-order valence-electron chi connectivity index (χ1n) is 9.37. The number of amides is 1. The highest BCUT2D eigenvalue weighted by molar-refractivity contribution is 7.12. The summed E-state index contributed by atoms with van der Waals surface area (Å²) in [7, 11) is 0. The molecule has 0 unspecified atom stereocenters. The van der Waals surface area contributed by atoms with E-state index in [9.17, 15) is 9.18 Å². The minimum atomic E-state index is -0.270. The van der Waals surface area contributed by atoms with Crippen molar-refractivity contribution in [2.45, 2.75) is 26.0 Å². The van der Waals surface area contributed by atoms with Gasteiger partial charge in [0.15, 0.2) is 0 Å². The molecule has 3 aromatic rings. The summed E-state index contributed by atoms with van der Waals surface area (Å²) >= 11 is 1.60. The van der Waals surface area contributed by atoms with Crippen molar-refractivity contribution in [3.8, 4) is 6.07 Å². The zero-order chi connectivity index (χ0) is 20.2. The number of nitrogens with one attached hydrogen (secondary N) is 1. The summed E-state index contributed by atoms with van der Waals surface area (Å²) < 4.78 is 18.8. The molecule has 0 radical (unpaired) electrons. The van der Waals surface area contributed by atoms with E-state index in [0.29, 0.717) is 31.7 Å². The Morgan fingerprint density at radius 2 is 1.86 bits per heavy atom. The normalized spacial score (nSPS) is 12.8. The summed E-state index contributed by atoms with van der Waals surface area (Å²) in [5, 5.41) is 11.9. The van der Waals surface area contributed by atoms with Crippen molar-refractivity contribution in [3.05, 3.63) is 91.9 Å². The van der Waals surface area contributed by atoms with Crippen LogP contribution in [0.1, 0.15) is 42.4 Å². The second-order valence-corrected chi connectivity index (χ2v) is 8.09. The number of fused-ring (bicyclic) bond motifs is 1. The predicted molar refractivity (Wildman–Crippen MR) is 109 cm³/mol. The number of hydrogen-bond acceptors (Lipinski definition) is 4. The number of thiophene rings is 1. The van der Waals surface area contributed by atoms with Crippen molar-refractivity contribution in [1.82, 2.24) is 5.32 Å². The number of ether oxygens (including phenoxy) is 1. The number of rotatable bonds is 5. The minimum Gasteiger partial charge on any atom is -0.376 e. The van der Waals surface area contributed by atoms with Crippen molar-refractivity contribution < 1.29 is 13.9 Å². The third kappa shape index (κ3) is 4.37. The molecule has 0 atom stereocenters. The minimum absolute atomic E-state index is 0.106. The highest BCUT2D eigenvalue weighted by atomic mass is 32.1. The molecular weight excluding hydrogens is 387 g/mol. The molecule has 1 aliphatic heterocycles. The van der Waals surface area contributed by atoms with E-state index in [4.69, 9.17) is 10.00 Å². The van der Waals surface area contributed by atoms with Gasteiger partial charge in [0.05, 0.1) is 30.4 Å². The van der Waals surface area contributed by atoms with Gasteiger partial charge in [0, 0.05) is 22.7 Å². The monoisotopic (exact) mass is 406 g/mol. The fourth-order valence-corrected chi connectivity index (χ4v) is 4.76. The molecule has 1 aromatic heterocycles. The van der Waals surface area contributed by atoms with E-state index >= 15 is 0 Å². The van der Waals surface area contributed by atoms with Crippen molar-refractivity contribution in [2.75, 3.05) is 6.61 Å². The lowest BCUT2D eigenvalue weighted by atomic mass is 10.00. The quantitative estimate of drug-likeness (QED) is 0.685. The van der Waals surface area contributed by atoms with Crippen molar-refractivity contribution in [3.63, 3.8) is 0 Å². The van der Waals surface area contributed by atoms with Crippen LogP contribution in [0.5, 0.6) is 0 Å². The molecule has 1 amide bonds. The maximum Gasteiger partial charge on any atom is 0.252 e. The van der Waals surface area contributed by atoms with Crippen LogP contribution in [0.2, 0.25) is 0 Å². The van der Waals surface area contributed by atoms with Crippen LogP contribution in [-0.2, 0) is 30.7 Å². The van der Waals surface area contributed by atoms with Crippen molar-refractivity contribution >= 4 is 17.2 Å². The smallest absolute Gasteiger partial charge is 0.252 e. The van der Waals surface area contributed by atoms with Gasteiger partial charge in [0.1, 0.15) is 5.82 Å². The molecule has 4 rings (SSSR count). The van der Waals surface area contributed by atoms with Gasteiger partial charge in [0.2, 0.25) is 0 Å². The summed E-state index contributed by atoms with van der Waals surface area (Å²) in [6.45, 7) is 1.52. The summed E-state index contributed by atoms with van der Waals surface area (Å²) in [6, 6.07) is 15.6. The van der Waals surface area contributed by atoms with Crippen molar-refractivity contribution in [2.24, 2.45) is 0 Å². The van der Waals surface area contributed by atoms with Gasteiger partial charge >= 0.3 is 0 Å². The number of nitriles is 1. The van der Waals surface area contributed by atoms with E-state index in [0.717, 1.165) is 38.4 Å². The topological polar surface area (TPSA) is 62.1 Å². The van der Waals surface area contributed by atoms with Crippen LogP contribution >= 0.6 is 11.3 Å². The summed E-state index contributed by atoms with van der Waals surface area (Å²) in [5.41, 5.74) is 4.28. The van der Waals surface area contributed by atoms with Crippen LogP contribution in [0.4, 0.5) is 4.39 Å². The predicted octanol–water partition coefficient (Wildman–Crippen LogP) is 4.35. The maximum absolute atomic E-state index is 13.2. The van der Waals surface area contributed by atoms with Crippen LogP contribution in [0.3, 0.4) is 0 Å². The second-order valence-electron chi connectivity index (χ2n) is 6.90. The first-order valence-corrected chi connectivity index (χ1v) is 10.2. The largest absolute Gasteiger partial charge is 0.376 e. The molecule has 0 saturated heterocycles. The number of nitrogens with zero attached hydrogens (tertiary/aromatic N) is 1. The molecule has 0 saturated carbocycles. The lowest BCUT2D eigenvalue weighted by Gasteiger charge is -2.14. The number of hydrogen-bond donors (Lipinski definition) is 1. The summed E-state index contributed by atoms with van der Waals surface area (Å²) in [4.78, 5) is 15.2. The van der Waals surface area contributed by atoms with Gasteiger partial charge in [0.25, 0.3) is 5.91 Å². The van der Waals surface area contributed by atoms with E-state index in [1.165, 1.54) is 12.1 Å². The molecule has 0 aliphatic carbocycles. The Morgan fingerprint density at radius 3 is 2.59 bits per heavy atom. The Bertz CT molecular complexity index is 1070. The zero-order valence-electron chi connectivity index (χ0n) is 15.7. The summed E-state index contributed by atoms with van der Waals surface area (Å²) in [5.74, 6) is -0.376. The fourth-order valence-electron chi connectivity index (χ4n) is 3.43. The second kappa shape index (κ2) is 8.56. The van der Waals surface area contributed by atoms with E-state index in [1.807, 2.05) is 12.1 Å². The van der Waals surface area contributed by atoms with Crippen LogP contribution in [-0.4, -0.2) is 12.5 Å². The molecule has 1 N–H and O–H groups in total. The Balaban J connectivity index is 1.57. The van der Waals surface area contributed by atoms with E-state index in [2.05, 4.69) is 11.4 Å². The van der Waals surface area contributed by atoms with Gasteiger partial charge in [-0.05, 0) is 47.4 Å². The van der Waals surface area contributed by atoms with Crippen LogP contribution in [0, 0.1) is 17.1 Å². The molecule has 0 bridgehead atoms. The molecule has 4 nitrogen and oxygen atoms in total. The number of benzene rings is 2. The van der Waals surface area contributed by atoms with Gasteiger partial charge in [-0.25, -0.2) is 4.39 Å². The molecule has 1 aliphatic rings. The van der Waals surface area contributed by atoms with Crippen LogP contribution in [0.15, 0.2) is 48.5 Å². The van der Waals surface area contributed by atoms with Gasteiger partial charge in [-0.2, -0.15) is 5.26 Å². The lowest BCUT2D eigenvalue weighted by Crippen LogP contribution is -2.25. The molecule has 146 valence electrons. The van der Waals surface area contributed by atoms with E-state index in [1.54, 1.807) is 35.6 Å². The Kier molecular flexibility index (Phi) is 5.70. The average Bonchev–Trinajstić information content (AvgIpc) is 3.12. The lowest BCUT2D eigenvalue weighted by molar-refractivity contribution is 0.0942. The Labute approximate surface area is 172 Å². The highest BCUT2D eigenvalue weighted by Gasteiger charge is 2.25. The molecule has 2 aromatic carbocycles. The number of carbonyl (C=O) groups excluding carboxylic acids is 1. The average molecular weight is 406 g/mol.